The monoisotopic (exact) mass is 267 g/mol. The minimum Gasteiger partial charge on any atom is -0.388 e. The van der Waals surface area contributed by atoms with E-state index in [4.69, 9.17) is 0 Å². The highest BCUT2D eigenvalue weighted by molar-refractivity contribution is 7.13. The van der Waals surface area contributed by atoms with Gasteiger partial charge in [-0.25, -0.2) is 4.98 Å². The van der Waals surface area contributed by atoms with Crippen molar-refractivity contribution >= 4 is 17.0 Å². The molecule has 1 aromatic carbocycles. The summed E-state index contributed by atoms with van der Waals surface area (Å²) in [6.07, 6.45) is 3.58. The molecule has 0 atom stereocenters. The smallest absolute Gasteiger partial charge is 0.124 e. The van der Waals surface area contributed by atoms with Gasteiger partial charge in [-0.1, -0.05) is 12.1 Å². The van der Waals surface area contributed by atoms with Gasteiger partial charge in [0.05, 0.1) is 5.69 Å². The number of hydrogen-bond donors (Lipinski definition) is 1. The summed E-state index contributed by atoms with van der Waals surface area (Å²) < 4.78 is 0. The van der Waals surface area contributed by atoms with Crippen LogP contribution >= 0.6 is 11.3 Å². The van der Waals surface area contributed by atoms with Crippen LogP contribution < -0.4 is 5.32 Å². The SMILES string of the molecule is CNc1cccc(-c2csc(-c3ccncc3)n2)c1. The molecule has 3 nitrogen and oxygen atoms in total. The van der Waals surface area contributed by atoms with Crippen LogP contribution in [-0.4, -0.2) is 17.0 Å². The third kappa shape index (κ3) is 2.48. The van der Waals surface area contributed by atoms with Crippen LogP contribution in [0.5, 0.6) is 0 Å². The fourth-order valence-corrected chi connectivity index (χ4v) is 2.70. The molecule has 19 heavy (non-hydrogen) atoms. The van der Waals surface area contributed by atoms with Gasteiger partial charge < -0.3 is 5.32 Å². The number of hydrogen-bond acceptors (Lipinski definition) is 4. The lowest BCUT2D eigenvalue weighted by atomic mass is 10.1. The van der Waals surface area contributed by atoms with Crippen LogP contribution in [0.1, 0.15) is 0 Å². The standard InChI is InChI=1S/C15H13N3S/c1-16-13-4-2-3-12(9-13)14-10-19-15(18-14)11-5-7-17-8-6-11/h2-10,16H,1H3. The van der Waals surface area contributed by atoms with E-state index in [9.17, 15) is 0 Å². The van der Waals surface area contributed by atoms with Crippen molar-refractivity contribution in [3.8, 4) is 21.8 Å². The van der Waals surface area contributed by atoms with Crippen LogP contribution in [0, 0.1) is 0 Å². The molecule has 0 fully saturated rings. The van der Waals surface area contributed by atoms with Crippen molar-refractivity contribution in [3.63, 3.8) is 0 Å². The van der Waals surface area contributed by atoms with Crippen LogP contribution in [0.15, 0.2) is 54.2 Å². The van der Waals surface area contributed by atoms with E-state index in [0.29, 0.717) is 0 Å². The third-order valence-corrected chi connectivity index (χ3v) is 3.77. The molecule has 94 valence electrons. The van der Waals surface area contributed by atoms with E-state index in [0.717, 1.165) is 27.5 Å². The van der Waals surface area contributed by atoms with Crippen molar-refractivity contribution in [1.82, 2.24) is 9.97 Å². The molecule has 0 aliphatic carbocycles. The first-order valence-electron chi connectivity index (χ1n) is 6.01. The lowest BCUT2D eigenvalue weighted by Gasteiger charge is -2.02. The molecule has 2 heterocycles. The number of rotatable bonds is 3. The minimum atomic E-state index is 1.01. The van der Waals surface area contributed by atoms with E-state index in [1.807, 2.05) is 31.3 Å². The minimum absolute atomic E-state index is 1.01. The van der Waals surface area contributed by atoms with Crippen LogP contribution in [0.25, 0.3) is 21.8 Å². The molecule has 0 saturated heterocycles. The highest BCUT2D eigenvalue weighted by Gasteiger charge is 2.06. The summed E-state index contributed by atoms with van der Waals surface area (Å²) in [5.74, 6) is 0. The summed E-state index contributed by atoms with van der Waals surface area (Å²) in [6.45, 7) is 0. The van der Waals surface area contributed by atoms with Crippen molar-refractivity contribution in [1.29, 1.82) is 0 Å². The molecular formula is C15H13N3S. The second-order valence-corrected chi connectivity index (χ2v) is 4.96. The van der Waals surface area contributed by atoms with Crippen LogP contribution in [0.3, 0.4) is 0 Å². The molecule has 0 saturated carbocycles. The van der Waals surface area contributed by atoms with Crippen molar-refractivity contribution in [2.45, 2.75) is 0 Å². The second kappa shape index (κ2) is 5.20. The summed E-state index contributed by atoms with van der Waals surface area (Å²) >= 11 is 1.65. The summed E-state index contributed by atoms with van der Waals surface area (Å²) in [6, 6.07) is 12.2. The molecular weight excluding hydrogens is 254 g/mol. The molecule has 3 rings (SSSR count). The molecule has 0 unspecified atom stereocenters. The van der Waals surface area contributed by atoms with Gasteiger partial charge in [-0.05, 0) is 24.3 Å². The molecule has 0 amide bonds. The topological polar surface area (TPSA) is 37.8 Å². The Bertz CT molecular complexity index is 677. The largest absolute Gasteiger partial charge is 0.388 e. The van der Waals surface area contributed by atoms with Crippen molar-refractivity contribution < 1.29 is 0 Å². The van der Waals surface area contributed by atoms with Gasteiger partial charge in [-0.2, -0.15) is 0 Å². The maximum atomic E-state index is 4.69. The maximum absolute atomic E-state index is 4.69. The third-order valence-electron chi connectivity index (χ3n) is 2.88. The van der Waals surface area contributed by atoms with E-state index in [-0.39, 0.29) is 0 Å². The predicted octanol–water partition coefficient (Wildman–Crippen LogP) is 3.91. The molecule has 3 aromatic rings. The Kier molecular flexibility index (Phi) is 3.25. The van der Waals surface area contributed by atoms with Crippen molar-refractivity contribution in [3.05, 3.63) is 54.2 Å². The van der Waals surface area contributed by atoms with E-state index in [1.165, 1.54) is 0 Å². The highest BCUT2D eigenvalue weighted by atomic mass is 32.1. The molecule has 0 bridgehead atoms. The summed E-state index contributed by atoms with van der Waals surface area (Å²) in [4.78, 5) is 8.72. The van der Waals surface area contributed by atoms with Gasteiger partial charge in [-0.15, -0.1) is 11.3 Å². The number of pyridine rings is 1. The van der Waals surface area contributed by atoms with Gasteiger partial charge in [0.25, 0.3) is 0 Å². The lowest BCUT2D eigenvalue weighted by molar-refractivity contribution is 1.32. The Morgan fingerprint density at radius 2 is 1.89 bits per heavy atom. The number of benzene rings is 1. The zero-order chi connectivity index (χ0) is 13.1. The first-order valence-corrected chi connectivity index (χ1v) is 6.89. The molecule has 0 aliphatic heterocycles. The zero-order valence-electron chi connectivity index (χ0n) is 10.5. The Balaban J connectivity index is 1.97. The zero-order valence-corrected chi connectivity index (χ0v) is 11.3. The molecule has 4 heteroatoms. The average molecular weight is 267 g/mol. The second-order valence-electron chi connectivity index (χ2n) is 4.10. The van der Waals surface area contributed by atoms with Gasteiger partial charge in [0.2, 0.25) is 0 Å². The maximum Gasteiger partial charge on any atom is 0.124 e. The Labute approximate surface area is 116 Å². The van der Waals surface area contributed by atoms with Crippen LogP contribution in [0.4, 0.5) is 5.69 Å². The fraction of sp³-hybridized carbons (Fsp3) is 0.0667. The Morgan fingerprint density at radius 3 is 2.68 bits per heavy atom. The van der Waals surface area contributed by atoms with E-state index >= 15 is 0 Å². The van der Waals surface area contributed by atoms with Crippen molar-refractivity contribution in [2.24, 2.45) is 0 Å². The Hall–Kier alpha value is -2.20. The molecule has 0 spiro atoms. The first kappa shape index (κ1) is 11.9. The number of nitrogens with one attached hydrogen (secondary N) is 1. The number of nitrogens with zero attached hydrogens (tertiary/aromatic N) is 2. The quantitative estimate of drug-likeness (QED) is 0.781. The number of anilines is 1. The van der Waals surface area contributed by atoms with Crippen LogP contribution in [-0.2, 0) is 0 Å². The number of thiazole rings is 1. The summed E-state index contributed by atoms with van der Waals surface area (Å²) in [5, 5.41) is 6.25. The first-order chi connectivity index (χ1) is 9.36. The van der Waals surface area contributed by atoms with Crippen molar-refractivity contribution in [2.75, 3.05) is 12.4 Å². The summed E-state index contributed by atoms with van der Waals surface area (Å²) in [7, 11) is 1.92. The molecule has 2 aromatic heterocycles. The van der Waals surface area contributed by atoms with Gasteiger partial charge in [0, 0.05) is 41.6 Å². The normalized spacial score (nSPS) is 10.4. The molecule has 0 radical (unpaired) electrons. The van der Waals surface area contributed by atoms with Gasteiger partial charge in [0.1, 0.15) is 5.01 Å². The van der Waals surface area contributed by atoms with Gasteiger partial charge in [0.15, 0.2) is 0 Å². The average Bonchev–Trinajstić information content (AvgIpc) is 2.98. The van der Waals surface area contributed by atoms with E-state index < -0.39 is 0 Å². The van der Waals surface area contributed by atoms with Gasteiger partial charge >= 0.3 is 0 Å². The molecule has 1 N–H and O–H groups in total. The highest BCUT2D eigenvalue weighted by Crippen LogP contribution is 2.29. The number of aromatic nitrogens is 2. The van der Waals surface area contributed by atoms with Gasteiger partial charge in [-0.3, -0.25) is 4.98 Å². The lowest BCUT2D eigenvalue weighted by Crippen LogP contribution is -1.88. The van der Waals surface area contributed by atoms with Crippen LogP contribution in [0.2, 0.25) is 0 Å². The fourth-order valence-electron chi connectivity index (χ4n) is 1.87. The van der Waals surface area contributed by atoms with E-state index in [2.05, 4.69) is 32.8 Å². The summed E-state index contributed by atoms with van der Waals surface area (Å²) in [5.41, 5.74) is 4.34. The van der Waals surface area contributed by atoms with E-state index in [1.54, 1.807) is 23.7 Å². The molecule has 0 aliphatic rings. The predicted molar refractivity (Wildman–Crippen MR) is 80.3 cm³/mol. The Morgan fingerprint density at radius 1 is 1.05 bits per heavy atom.